The van der Waals surface area contributed by atoms with Gasteiger partial charge in [0.25, 0.3) is 0 Å². The van der Waals surface area contributed by atoms with Crippen LogP contribution in [0, 0.1) is 0 Å². The van der Waals surface area contributed by atoms with Gasteiger partial charge in [-0.15, -0.1) is 0 Å². The van der Waals surface area contributed by atoms with Crippen LogP contribution in [0.3, 0.4) is 0 Å². The minimum Gasteiger partial charge on any atom is -0.480 e. The van der Waals surface area contributed by atoms with Crippen molar-refractivity contribution in [2.24, 2.45) is 0 Å². The van der Waals surface area contributed by atoms with Gasteiger partial charge in [0.2, 0.25) is 0 Å². The number of hydrogen-bond acceptors (Lipinski definition) is 1. The number of benzene rings is 2. The topological polar surface area (TPSA) is 9.23 Å². The van der Waals surface area contributed by atoms with E-state index in [4.69, 9.17) is 4.74 Å². The molecule has 3 rings (SSSR count). The first kappa shape index (κ1) is 12.0. The molecule has 1 aliphatic rings. The second-order valence-corrected chi connectivity index (χ2v) is 5.88. The summed E-state index contributed by atoms with van der Waals surface area (Å²) in [7, 11) is 0. The van der Waals surface area contributed by atoms with E-state index < -0.39 is 0 Å². The fourth-order valence-corrected chi connectivity index (χ4v) is 3.36. The largest absolute Gasteiger partial charge is 0.480 e. The Balaban J connectivity index is 2.00. The van der Waals surface area contributed by atoms with Crippen LogP contribution in [0.25, 0.3) is 6.08 Å². The number of hydrogen-bond donors (Lipinski definition) is 0. The molecule has 1 nitrogen and oxygen atoms in total. The van der Waals surface area contributed by atoms with Crippen molar-refractivity contribution in [3.05, 3.63) is 68.6 Å². The van der Waals surface area contributed by atoms with E-state index in [1.165, 1.54) is 0 Å². The maximum absolute atomic E-state index is 6.05. The van der Waals surface area contributed by atoms with E-state index >= 15 is 0 Å². The maximum Gasteiger partial charge on any atom is 0.142 e. The molecular weight excluding hydrogens is 356 g/mol. The van der Waals surface area contributed by atoms with Gasteiger partial charge in [-0.1, -0.05) is 52.3 Å². The van der Waals surface area contributed by atoms with Gasteiger partial charge in [-0.05, 0) is 39.7 Å². The van der Waals surface area contributed by atoms with Crippen LogP contribution < -0.4 is 4.74 Å². The Morgan fingerprint density at radius 3 is 2.56 bits per heavy atom. The Hall–Kier alpha value is -1.06. The molecule has 0 saturated heterocycles. The van der Waals surface area contributed by atoms with Crippen molar-refractivity contribution in [3.8, 4) is 5.75 Å². The molecule has 1 aliphatic heterocycles. The molecule has 0 spiro atoms. The SMILES string of the molecule is Brc1cc(Br)c2c(c1)C=CC(c1ccccc1)O2. The van der Waals surface area contributed by atoms with Gasteiger partial charge in [-0.3, -0.25) is 0 Å². The fraction of sp³-hybridized carbons (Fsp3) is 0.0667. The summed E-state index contributed by atoms with van der Waals surface area (Å²) >= 11 is 7.03. The van der Waals surface area contributed by atoms with Crippen molar-refractivity contribution in [2.45, 2.75) is 6.10 Å². The predicted molar refractivity (Wildman–Crippen MR) is 80.7 cm³/mol. The van der Waals surface area contributed by atoms with E-state index in [1.54, 1.807) is 0 Å². The van der Waals surface area contributed by atoms with Crippen molar-refractivity contribution < 1.29 is 4.74 Å². The Morgan fingerprint density at radius 2 is 1.78 bits per heavy atom. The molecule has 1 atom stereocenters. The smallest absolute Gasteiger partial charge is 0.142 e. The maximum atomic E-state index is 6.05. The summed E-state index contributed by atoms with van der Waals surface area (Å²) in [6.07, 6.45) is 4.17. The monoisotopic (exact) mass is 364 g/mol. The summed E-state index contributed by atoms with van der Waals surface area (Å²) in [6.45, 7) is 0. The molecule has 3 heteroatoms. The predicted octanol–water partition coefficient (Wildman–Crippen LogP) is 5.36. The molecule has 0 radical (unpaired) electrons. The van der Waals surface area contributed by atoms with E-state index in [0.717, 1.165) is 25.8 Å². The molecular formula is C15H10Br2O. The van der Waals surface area contributed by atoms with Crippen LogP contribution in [0.2, 0.25) is 0 Å². The highest BCUT2D eigenvalue weighted by atomic mass is 79.9. The third-order valence-electron chi connectivity index (χ3n) is 2.86. The van der Waals surface area contributed by atoms with Gasteiger partial charge in [0.05, 0.1) is 4.47 Å². The lowest BCUT2D eigenvalue weighted by Gasteiger charge is -2.23. The van der Waals surface area contributed by atoms with Crippen LogP contribution >= 0.6 is 31.9 Å². The number of fused-ring (bicyclic) bond motifs is 1. The van der Waals surface area contributed by atoms with Gasteiger partial charge >= 0.3 is 0 Å². The molecule has 1 unspecified atom stereocenters. The number of halogens is 2. The standard InChI is InChI=1S/C15H10Br2O/c16-12-8-11-6-7-14(10-4-2-1-3-5-10)18-15(11)13(17)9-12/h1-9,14H. The van der Waals surface area contributed by atoms with E-state index in [-0.39, 0.29) is 6.10 Å². The van der Waals surface area contributed by atoms with E-state index in [1.807, 2.05) is 24.3 Å². The summed E-state index contributed by atoms with van der Waals surface area (Å²) in [5.41, 5.74) is 2.25. The van der Waals surface area contributed by atoms with Gasteiger partial charge in [0.1, 0.15) is 11.9 Å². The molecule has 0 saturated carbocycles. The molecule has 0 aliphatic carbocycles. The Kier molecular flexibility index (Phi) is 3.27. The average Bonchev–Trinajstić information content (AvgIpc) is 2.39. The van der Waals surface area contributed by atoms with Crippen LogP contribution in [-0.4, -0.2) is 0 Å². The molecule has 0 fully saturated rings. The minimum absolute atomic E-state index is 0.0174. The third-order valence-corrected chi connectivity index (χ3v) is 3.91. The van der Waals surface area contributed by atoms with Gasteiger partial charge in [-0.25, -0.2) is 0 Å². The van der Waals surface area contributed by atoms with Gasteiger partial charge in [0.15, 0.2) is 0 Å². The Morgan fingerprint density at radius 1 is 1.00 bits per heavy atom. The zero-order valence-corrected chi connectivity index (χ0v) is 12.6. The highest BCUT2D eigenvalue weighted by Gasteiger charge is 2.18. The van der Waals surface area contributed by atoms with Crippen LogP contribution in [0.4, 0.5) is 0 Å². The normalized spacial score (nSPS) is 17.1. The Bertz CT molecular complexity index is 605. The highest BCUT2D eigenvalue weighted by molar-refractivity contribution is 9.11. The number of ether oxygens (including phenoxy) is 1. The van der Waals surface area contributed by atoms with Crippen LogP contribution in [0.1, 0.15) is 17.2 Å². The van der Waals surface area contributed by atoms with Gasteiger partial charge in [-0.2, -0.15) is 0 Å². The summed E-state index contributed by atoms with van der Waals surface area (Å²) in [5, 5.41) is 0. The molecule has 2 aromatic carbocycles. The first-order valence-corrected chi connectivity index (χ1v) is 7.21. The lowest BCUT2D eigenvalue weighted by molar-refractivity contribution is 0.250. The van der Waals surface area contributed by atoms with Crippen LogP contribution in [-0.2, 0) is 0 Å². The summed E-state index contributed by atoms with van der Waals surface area (Å²) in [6, 6.07) is 14.3. The Labute approximate surface area is 123 Å². The average molecular weight is 366 g/mol. The van der Waals surface area contributed by atoms with Crippen molar-refractivity contribution in [2.75, 3.05) is 0 Å². The molecule has 0 N–H and O–H groups in total. The van der Waals surface area contributed by atoms with E-state index in [0.29, 0.717) is 0 Å². The first-order valence-electron chi connectivity index (χ1n) is 5.63. The fourth-order valence-electron chi connectivity index (χ4n) is 2.01. The van der Waals surface area contributed by atoms with Crippen molar-refractivity contribution in [3.63, 3.8) is 0 Å². The second-order valence-electron chi connectivity index (χ2n) is 4.11. The van der Waals surface area contributed by atoms with Gasteiger partial charge < -0.3 is 4.74 Å². The lowest BCUT2D eigenvalue weighted by atomic mass is 10.0. The molecule has 18 heavy (non-hydrogen) atoms. The molecule has 1 heterocycles. The van der Waals surface area contributed by atoms with Crippen LogP contribution in [0.5, 0.6) is 5.75 Å². The van der Waals surface area contributed by atoms with E-state index in [2.05, 4.69) is 62.2 Å². The number of rotatable bonds is 1. The lowest BCUT2D eigenvalue weighted by Crippen LogP contribution is -2.09. The van der Waals surface area contributed by atoms with E-state index in [9.17, 15) is 0 Å². The highest BCUT2D eigenvalue weighted by Crippen LogP contribution is 2.39. The second kappa shape index (κ2) is 4.90. The molecule has 0 amide bonds. The summed E-state index contributed by atoms with van der Waals surface area (Å²) < 4.78 is 8.06. The third kappa shape index (κ3) is 2.25. The quantitative estimate of drug-likeness (QED) is 0.661. The molecule has 0 bridgehead atoms. The van der Waals surface area contributed by atoms with Gasteiger partial charge in [0, 0.05) is 10.0 Å². The first-order chi connectivity index (χ1) is 8.74. The van der Waals surface area contributed by atoms with Crippen molar-refractivity contribution in [1.29, 1.82) is 0 Å². The molecule has 0 aromatic heterocycles. The minimum atomic E-state index is -0.0174. The van der Waals surface area contributed by atoms with Crippen molar-refractivity contribution >= 4 is 37.9 Å². The zero-order chi connectivity index (χ0) is 12.5. The van der Waals surface area contributed by atoms with Crippen LogP contribution in [0.15, 0.2) is 57.5 Å². The zero-order valence-electron chi connectivity index (χ0n) is 9.44. The summed E-state index contributed by atoms with van der Waals surface area (Å²) in [4.78, 5) is 0. The van der Waals surface area contributed by atoms with Crippen molar-refractivity contribution in [1.82, 2.24) is 0 Å². The molecule has 2 aromatic rings. The molecule has 90 valence electrons. The summed E-state index contributed by atoms with van der Waals surface area (Å²) in [5.74, 6) is 0.898.